The van der Waals surface area contributed by atoms with Crippen LogP contribution in [0, 0.1) is 0 Å². The fourth-order valence-electron chi connectivity index (χ4n) is 3.31. The first-order valence-corrected chi connectivity index (χ1v) is 7.63. The summed E-state index contributed by atoms with van der Waals surface area (Å²) in [6.07, 6.45) is 3.66. The smallest absolute Gasteiger partial charge is 0.0836 e. The van der Waals surface area contributed by atoms with Crippen LogP contribution in [0.3, 0.4) is 0 Å². The molecule has 110 valence electrons. The molecule has 1 unspecified atom stereocenters. The Morgan fingerprint density at radius 3 is 2.79 bits per heavy atom. The summed E-state index contributed by atoms with van der Waals surface area (Å²) in [4.78, 5) is 2.42. The zero-order valence-corrected chi connectivity index (χ0v) is 11.7. The lowest BCUT2D eigenvalue weighted by molar-refractivity contribution is -0.0255. The second-order valence-corrected chi connectivity index (χ2v) is 5.89. The highest BCUT2D eigenvalue weighted by Crippen LogP contribution is 2.35. The van der Waals surface area contributed by atoms with E-state index in [4.69, 9.17) is 14.2 Å². The van der Waals surface area contributed by atoms with E-state index in [9.17, 15) is 0 Å². The number of nitrogens with one attached hydrogen (secondary N) is 1. The minimum Gasteiger partial charge on any atom is -0.379 e. The second kappa shape index (κ2) is 6.50. The van der Waals surface area contributed by atoms with Crippen LogP contribution < -0.4 is 5.32 Å². The van der Waals surface area contributed by atoms with E-state index in [0.717, 1.165) is 78.4 Å². The molecule has 3 saturated heterocycles. The van der Waals surface area contributed by atoms with Gasteiger partial charge in [-0.1, -0.05) is 0 Å². The number of nitrogens with zero attached hydrogens (tertiary/aromatic N) is 1. The van der Waals surface area contributed by atoms with Gasteiger partial charge in [0, 0.05) is 26.1 Å². The predicted octanol–water partition coefficient (Wildman–Crippen LogP) is 0.246. The van der Waals surface area contributed by atoms with Crippen molar-refractivity contribution in [3.8, 4) is 0 Å². The minimum atomic E-state index is 0.120. The van der Waals surface area contributed by atoms with Crippen molar-refractivity contribution in [2.45, 2.75) is 31.0 Å². The average Bonchev–Trinajstić information content (AvgIpc) is 2.84. The molecule has 1 atom stereocenters. The number of piperidine rings is 1. The quantitative estimate of drug-likeness (QED) is 0.793. The molecule has 0 saturated carbocycles. The van der Waals surface area contributed by atoms with Crippen LogP contribution in [0.1, 0.15) is 19.3 Å². The van der Waals surface area contributed by atoms with Crippen molar-refractivity contribution in [1.82, 2.24) is 10.2 Å². The van der Waals surface area contributed by atoms with E-state index in [2.05, 4.69) is 10.2 Å². The summed E-state index contributed by atoms with van der Waals surface area (Å²) in [5.41, 5.74) is 0.120. The summed E-state index contributed by atoms with van der Waals surface area (Å²) < 4.78 is 17.4. The Bertz CT molecular complexity index is 276. The molecule has 1 N–H and O–H groups in total. The van der Waals surface area contributed by atoms with Gasteiger partial charge in [-0.3, -0.25) is 4.90 Å². The molecular formula is C14H26N2O3. The molecule has 0 aromatic carbocycles. The van der Waals surface area contributed by atoms with Crippen LogP contribution in [0.25, 0.3) is 0 Å². The monoisotopic (exact) mass is 270 g/mol. The minimum absolute atomic E-state index is 0.120. The lowest BCUT2D eigenvalue weighted by atomic mass is 9.89. The number of morpholine rings is 1. The first-order valence-electron chi connectivity index (χ1n) is 7.63. The molecule has 0 aliphatic carbocycles. The average molecular weight is 270 g/mol. The lowest BCUT2D eigenvalue weighted by Crippen LogP contribution is -2.41. The Labute approximate surface area is 115 Å². The first kappa shape index (κ1) is 13.8. The summed E-state index contributed by atoms with van der Waals surface area (Å²) in [6, 6.07) is 0. The van der Waals surface area contributed by atoms with Gasteiger partial charge < -0.3 is 19.5 Å². The Morgan fingerprint density at radius 1 is 1.21 bits per heavy atom. The van der Waals surface area contributed by atoms with Crippen LogP contribution in [0.2, 0.25) is 0 Å². The van der Waals surface area contributed by atoms with E-state index in [-0.39, 0.29) is 5.60 Å². The van der Waals surface area contributed by atoms with Crippen molar-refractivity contribution in [3.05, 3.63) is 0 Å². The third kappa shape index (κ3) is 3.67. The molecule has 3 heterocycles. The molecule has 3 aliphatic rings. The number of hydrogen-bond donors (Lipinski definition) is 1. The molecular weight excluding hydrogens is 244 g/mol. The number of rotatable bonds is 4. The third-order valence-electron chi connectivity index (χ3n) is 4.55. The summed E-state index contributed by atoms with van der Waals surface area (Å²) in [6.45, 7) is 8.60. The highest BCUT2D eigenvalue weighted by atomic mass is 16.6. The number of hydrogen-bond acceptors (Lipinski definition) is 5. The van der Waals surface area contributed by atoms with Gasteiger partial charge in [-0.25, -0.2) is 0 Å². The van der Waals surface area contributed by atoms with Crippen LogP contribution in [-0.4, -0.2) is 75.8 Å². The molecule has 0 amide bonds. The van der Waals surface area contributed by atoms with Gasteiger partial charge in [0.15, 0.2) is 0 Å². The molecule has 1 spiro atoms. The topological polar surface area (TPSA) is 43.0 Å². The Balaban J connectivity index is 1.35. The summed E-state index contributed by atoms with van der Waals surface area (Å²) in [7, 11) is 0. The van der Waals surface area contributed by atoms with Crippen LogP contribution in [0.15, 0.2) is 0 Å². The molecule has 0 radical (unpaired) electrons. The van der Waals surface area contributed by atoms with Crippen molar-refractivity contribution < 1.29 is 14.2 Å². The van der Waals surface area contributed by atoms with Crippen molar-refractivity contribution >= 4 is 0 Å². The Morgan fingerprint density at radius 2 is 2.00 bits per heavy atom. The fraction of sp³-hybridized carbons (Fsp3) is 1.00. The third-order valence-corrected chi connectivity index (χ3v) is 4.55. The van der Waals surface area contributed by atoms with Gasteiger partial charge >= 0.3 is 0 Å². The second-order valence-electron chi connectivity index (χ2n) is 5.89. The first-order chi connectivity index (χ1) is 9.36. The standard InChI is InChI=1S/C14H26N2O3/c1-3-15-4-2-14(1)11-13(12-19-14)18-10-7-16-5-8-17-9-6-16/h13,15H,1-12H2. The van der Waals surface area contributed by atoms with Gasteiger partial charge in [0.2, 0.25) is 0 Å². The molecule has 3 rings (SSSR count). The summed E-state index contributed by atoms with van der Waals surface area (Å²) >= 11 is 0. The van der Waals surface area contributed by atoms with Crippen molar-refractivity contribution in [1.29, 1.82) is 0 Å². The van der Waals surface area contributed by atoms with Crippen molar-refractivity contribution in [3.63, 3.8) is 0 Å². The van der Waals surface area contributed by atoms with E-state index < -0.39 is 0 Å². The maximum atomic E-state index is 6.04. The molecule has 3 fully saturated rings. The van der Waals surface area contributed by atoms with Crippen LogP contribution >= 0.6 is 0 Å². The van der Waals surface area contributed by atoms with Gasteiger partial charge in [0.05, 0.1) is 38.1 Å². The van der Waals surface area contributed by atoms with E-state index in [1.807, 2.05) is 0 Å². The normalized spacial score (nSPS) is 31.9. The van der Waals surface area contributed by atoms with Gasteiger partial charge in [-0.15, -0.1) is 0 Å². The van der Waals surface area contributed by atoms with Crippen LogP contribution in [-0.2, 0) is 14.2 Å². The van der Waals surface area contributed by atoms with E-state index in [0.29, 0.717) is 6.10 Å². The molecule has 5 nitrogen and oxygen atoms in total. The summed E-state index contributed by atoms with van der Waals surface area (Å²) in [5, 5.41) is 3.40. The molecule has 5 heteroatoms. The summed E-state index contributed by atoms with van der Waals surface area (Å²) in [5.74, 6) is 0. The Kier molecular flexibility index (Phi) is 4.71. The zero-order chi connectivity index (χ0) is 13.0. The molecule has 19 heavy (non-hydrogen) atoms. The maximum absolute atomic E-state index is 6.04. The van der Waals surface area contributed by atoms with Crippen molar-refractivity contribution in [2.24, 2.45) is 0 Å². The van der Waals surface area contributed by atoms with Gasteiger partial charge in [-0.2, -0.15) is 0 Å². The van der Waals surface area contributed by atoms with E-state index in [1.165, 1.54) is 0 Å². The van der Waals surface area contributed by atoms with Gasteiger partial charge in [0.1, 0.15) is 0 Å². The maximum Gasteiger partial charge on any atom is 0.0836 e. The van der Waals surface area contributed by atoms with Crippen LogP contribution in [0.4, 0.5) is 0 Å². The van der Waals surface area contributed by atoms with Crippen LogP contribution in [0.5, 0.6) is 0 Å². The largest absolute Gasteiger partial charge is 0.379 e. The number of ether oxygens (including phenoxy) is 3. The van der Waals surface area contributed by atoms with Gasteiger partial charge in [-0.05, 0) is 25.9 Å². The zero-order valence-electron chi connectivity index (χ0n) is 11.7. The molecule has 0 bridgehead atoms. The Hall–Kier alpha value is -0.200. The molecule has 0 aromatic rings. The van der Waals surface area contributed by atoms with E-state index in [1.54, 1.807) is 0 Å². The molecule has 0 aromatic heterocycles. The van der Waals surface area contributed by atoms with Crippen molar-refractivity contribution in [2.75, 3.05) is 59.2 Å². The lowest BCUT2D eigenvalue weighted by Gasteiger charge is -2.32. The SMILES string of the molecule is C1CC2(CCN1)CC(OCCN1CCOCC1)CO2. The van der Waals surface area contributed by atoms with Gasteiger partial charge in [0.25, 0.3) is 0 Å². The predicted molar refractivity (Wildman–Crippen MR) is 72.4 cm³/mol. The fourth-order valence-corrected chi connectivity index (χ4v) is 3.31. The molecule has 3 aliphatic heterocycles. The van der Waals surface area contributed by atoms with E-state index >= 15 is 0 Å². The highest BCUT2D eigenvalue weighted by molar-refractivity contribution is 4.93. The highest BCUT2D eigenvalue weighted by Gasteiger charge is 2.41.